The first-order chi connectivity index (χ1) is 12.4. The average Bonchev–Trinajstić information content (AvgIpc) is 3.09. The SMILES string of the molecule is CCc1cnn(-c2ccc(OCC3COCCC3NS(C)(=O)=O)cc2)c1. The van der Waals surface area contributed by atoms with Crippen molar-refractivity contribution in [3.8, 4) is 11.4 Å². The summed E-state index contributed by atoms with van der Waals surface area (Å²) in [5.74, 6) is 0.719. The molecule has 1 N–H and O–H groups in total. The summed E-state index contributed by atoms with van der Waals surface area (Å²) in [6, 6.07) is 7.53. The number of rotatable bonds is 7. The number of nitrogens with zero attached hydrogens (tertiary/aromatic N) is 2. The van der Waals surface area contributed by atoms with Gasteiger partial charge >= 0.3 is 0 Å². The molecule has 3 rings (SSSR count). The summed E-state index contributed by atoms with van der Waals surface area (Å²) in [7, 11) is -3.25. The van der Waals surface area contributed by atoms with Gasteiger partial charge in [0.1, 0.15) is 5.75 Å². The standard InChI is InChI=1S/C18H25N3O4S/c1-3-14-10-19-21(11-14)16-4-6-17(7-5-16)25-13-15-12-24-9-8-18(15)20-26(2,22)23/h4-7,10-11,15,18,20H,3,8-9,12-13H2,1-2H3. The minimum Gasteiger partial charge on any atom is -0.493 e. The van der Waals surface area contributed by atoms with Gasteiger partial charge in [0.15, 0.2) is 0 Å². The number of hydrogen-bond donors (Lipinski definition) is 1. The lowest BCUT2D eigenvalue weighted by Gasteiger charge is -2.31. The van der Waals surface area contributed by atoms with Crippen LogP contribution in [0, 0.1) is 5.92 Å². The normalized spacial score (nSPS) is 20.8. The fraction of sp³-hybridized carbons (Fsp3) is 0.500. The third-order valence-corrected chi connectivity index (χ3v) is 5.18. The lowest BCUT2D eigenvalue weighted by Crippen LogP contribution is -2.47. The molecule has 0 spiro atoms. The Hall–Kier alpha value is -1.90. The number of hydrogen-bond acceptors (Lipinski definition) is 5. The molecule has 26 heavy (non-hydrogen) atoms. The Kier molecular flexibility index (Phi) is 5.95. The van der Waals surface area contributed by atoms with Crippen LogP contribution in [0.15, 0.2) is 36.7 Å². The van der Waals surface area contributed by atoms with Crippen LogP contribution in [0.2, 0.25) is 0 Å². The highest BCUT2D eigenvalue weighted by Crippen LogP contribution is 2.20. The molecule has 0 aliphatic carbocycles. The first-order valence-electron chi connectivity index (χ1n) is 8.76. The van der Waals surface area contributed by atoms with Crippen molar-refractivity contribution >= 4 is 10.0 Å². The van der Waals surface area contributed by atoms with Gasteiger partial charge in [-0.1, -0.05) is 6.92 Å². The number of nitrogens with one attached hydrogen (secondary N) is 1. The molecule has 8 heteroatoms. The molecule has 0 radical (unpaired) electrons. The number of ether oxygens (including phenoxy) is 2. The Morgan fingerprint density at radius 1 is 1.35 bits per heavy atom. The van der Waals surface area contributed by atoms with Crippen LogP contribution < -0.4 is 9.46 Å². The average molecular weight is 379 g/mol. The van der Waals surface area contributed by atoms with Gasteiger partial charge in [0.2, 0.25) is 10.0 Å². The fourth-order valence-corrected chi connectivity index (χ4v) is 3.83. The molecule has 2 atom stereocenters. The van der Waals surface area contributed by atoms with E-state index in [2.05, 4.69) is 16.7 Å². The predicted octanol–water partition coefficient (Wildman–Crippen LogP) is 1.77. The Bertz CT molecular complexity index is 817. The largest absolute Gasteiger partial charge is 0.493 e. The monoisotopic (exact) mass is 379 g/mol. The number of benzene rings is 1. The first kappa shape index (κ1) is 18.9. The molecule has 7 nitrogen and oxygen atoms in total. The summed E-state index contributed by atoms with van der Waals surface area (Å²) in [6.07, 6.45) is 6.66. The van der Waals surface area contributed by atoms with Crippen molar-refractivity contribution in [1.82, 2.24) is 14.5 Å². The number of aryl methyl sites for hydroxylation is 1. The lowest BCUT2D eigenvalue weighted by molar-refractivity contribution is 0.0187. The molecular weight excluding hydrogens is 354 g/mol. The van der Waals surface area contributed by atoms with Crippen LogP contribution in [0.3, 0.4) is 0 Å². The van der Waals surface area contributed by atoms with Crippen molar-refractivity contribution in [2.45, 2.75) is 25.8 Å². The molecule has 1 aromatic carbocycles. The van der Waals surface area contributed by atoms with E-state index < -0.39 is 10.0 Å². The molecular formula is C18H25N3O4S. The highest BCUT2D eigenvalue weighted by molar-refractivity contribution is 7.88. The van der Waals surface area contributed by atoms with Crippen molar-refractivity contribution in [3.63, 3.8) is 0 Å². The molecule has 2 aromatic rings. The Morgan fingerprint density at radius 3 is 2.77 bits per heavy atom. The fourth-order valence-electron chi connectivity index (χ4n) is 2.97. The maximum absolute atomic E-state index is 11.5. The van der Waals surface area contributed by atoms with Gasteiger partial charge in [-0.25, -0.2) is 17.8 Å². The Labute approximate surface area is 154 Å². The van der Waals surface area contributed by atoms with E-state index in [-0.39, 0.29) is 12.0 Å². The van der Waals surface area contributed by atoms with Crippen LogP contribution in [0.25, 0.3) is 5.69 Å². The van der Waals surface area contributed by atoms with Crippen molar-refractivity contribution in [2.75, 3.05) is 26.1 Å². The maximum atomic E-state index is 11.5. The topological polar surface area (TPSA) is 82.4 Å². The van der Waals surface area contributed by atoms with E-state index in [0.29, 0.717) is 26.2 Å². The van der Waals surface area contributed by atoms with Gasteiger partial charge in [-0.15, -0.1) is 0 Å². The molecule has 2 unspecified atom stereocenters. The highest BCUT2D eigenvalue weighted by atomic mass is 32.2. The molecule has 0 amide bonds. The third-order valence-electron chi connectivity index (χ3n) is 4.45. The van der Waals surface area contributed by atoms with Crippen molar-refractivity contribution in [1.29, 1.82) is 0 Å². The van der Waals surface area contributed by atoms with E-state index in [1.807, 2.05) is 41.3 Å². The minimum absolute atomic E-state index is 0.0172. The summed E-state index contributed by atoms with van der Waals surface area (Å²) in [5.41, 5.74) is 2.15. The van der Waals surface area contributed by atoms with E-state index in [1.165, 1.54) is 11.8 Å². The van der Waals surface area contributed by atoms with Crippen LogP contribution >= 0.6 is 0 Å². The highest BCUT2D eigenvalue weighted by Gasteiger charge is 2.28. The summed E-state index contributed by atoms with van der Waals surface area (Å²) < 4.78 is 38.9. The quantitative estimate of drug-likeness (QED) is 0.793. The zero-order chi connectivity index (χ0) is 18.6. The summed E-state index contributed by atoms with van der Waals surface area (Å²) in [5, 5.41) is 4.34. The van der Waals surface area contributed by atoms with Crippen molar-refractivity contribution in [3.05, 3.63) is 42.2 Å². The Morgan fingerprint density at radius 2 is 2.12 bits per heavy atom. The van der Waals surface area contributed by atoms with Crippen molar-refractivity contribution < 1.29 is 17.9 Å². The second kappa shape index (κ2) is 8.20. The molecule has 0 bridgehead atoms. The van der Waals surface area contributed by atoms with E-state index in [0.717, 1.165) is 17.9 Å². The van der Waals surface area contributed by atoms with E-state index in [9.17, 15) is 8.42 Å². The smallest absolute Gasteiger partial charge is 0.208 e. The lowest BCUT2D eigenvalue weighted by atomic mass is 9.98. The van der Waals surface area contributed by atoms with Gasteiger partial charge < -0.3 is 9.47 Å². The van der Waals surface area contributed by atoms with Gasteiger partial charge in [-0.05, 0) is 42.7 Å². The van der Waals surface area contributed by atoms with Crippen LogP contribution in [-0.2, 0) is 21.2 Å². The van der Waals surface area contributed by atoms with Crippen LogP contribution in [-0.4, -0.2) is 50.3 Å². The van der Waals surface area contributed by atoms with E-state index in [1.54, 1.807) is 0 Å². The predicted molar refractivity (Wildman–Crippen MR) is 99.1 cm³/mol. The molecule has 0 saturated carbocycles. The number of sulfonamides is 1. The second-order valence-corrected chi connectivity index (χ2v) is 8.35. The van der Waals surface area contributed by atoms with Crippen molar-refractivity contribution in [2.24, 2.45) is 5.92 Å². The van der Waals surface area contributed by atoms with E-state index in [4.69, 9.17) is 9.47 Å². The molecule has 1 aliphatic heterocycles. The molecule has 1 aromatic heterocycles. The molecule has 1 fully saturated rings. The molecule has 1 saturated heterocycles. The van der Waals surface area contributed by atoms with Crippen LogP contribution in [0.4, 0.5) is 0 Å². The molecule has 1 aliphatic rings. The maximum Gasteiger partial charge on any atom is 0.208 e. The minimum atomic E-state index is -3.25. The summed E-state index contributed by atoms with van der Waals surface area (Å²) >= 11 is 0. The summed E-state index contributed by atoms with van der Waals surface area (Å²) in [4.78, 5) is 0. The Balaban J connectivity index is 1.60. The first-order valence-corrected chi connectivity index (χ1v) is 10.7. The van der Waals surface area contributed by atoms with Gasteiger partial charge in [0, 0.05) is 24.8 Å². The third kappa shape index (κ3) is 5.06. The van der Waals surface area contributed by atoms with Gasteiger partial charge in [-0.2, -0.15) is 5.10 Å². The van der Waals surface area contributed by atoms with Gasteiger partial charge in [0.25, 0.3) is 0 Å². The zero-order valence-corrected chi connectivity index (χ0v) is 15.9. The van der Waals surface area contributed by atoms with Gasteiger partial charge in [-0.3, -0.25) is 0 Å². The van der Waals surface area contributed by atoms with E-state index >= 15 is 0 Å². The van der Waals surface area contributed by atoms with Crippen LogP contribution in [0.1, 0.15) is 18.9 Å². The molecule has 142 valence electrons. The van der Waals surface area contributed by atoms with Gasteiger partial charge in [0.05, 0.1) is 31.4 Å². The molecule has 2 heterocycles. The second-order valence-electron chi connectivity index (χ2n) is 6.57. The zero-order valence-electron chi connectivity index (χ0n) is 15.1. The number of aromatic nitrogens is 2. The summed E-state index contributed by atoms with van der Waals surface area (Å²) in [6.45, 7) is 3.54. The van der Waals surface area contributed by atoms with Crippen LogP contribution in [0.5, 0.6) is 5.75 Å².